The van der Waals surface area contributed by atoms with Crippen LogP contribution in [0.5, 0.6) is 0 Å². The highest BCUT2D eigenvalue weighted by Crippen LogP contribution is 2.29. The van der Waals surface area contributed by atoms with Crippen molar-refractivity contribution in [3.8, 4) is 0 Å². The Hall–Kier alpha value is -1.26. The third kappa shape index (κ3) is 8.24. The summed E-state index contributed by atoms with van der Waals surface area (Å²) in [7, 11) is 0. The van der Waals surface area contributed by atoms with Gasteiger partial charge in [0.15, 0.2) is 5.96 Å². The van der Waals surface area contributed by atoms with Crippen molar-refractivity contribution < 1.29 is 4.79 Å². The van der Waals surface area contributed by atoms with E-state index in [1.807, 2.05) is 0 Å². The molecule has 1 rings (SSSR count). The van der Waals surface area contributed by atoms with Crippen LogP contribution in [0.1, 0.15) is 66.2 Å². The summed E-state index contributed by atoms with van der Waals surface area (Å²) in [6, 6.07) is 0.511. The van der Waals surface area contributed by atoms with E-state index in [0.29, 0.717) is 19.0 Å². The number of hydrogen-bond acceptors (Lipinski definition) is 2. The molecule has 134 valence electrons. The van der Waals surface area contributed by atoms with Crippen LogP contribution in [0.2, 0.25) is 0 Å². The van der Waals surface area contributed by atoms with Crippen LogP contribution in [0.25, 0.3) is 0 Å². The topological polar surface area (TPSA) is 65.5 Å². The zero-order chi connectivity index (χ0) is 17.1. The molecule has 1 saturated carbocycles. The number of amides is 1. The Balaban J connectivity index is 2.36. The molecule has 0 aromatic rings. The van der Waals surface area contributed by atoms with Crippen molar-refractivity contribution in [2.75, 3.05) is 19.6 Å². The molecule has 0 heterocycles. The van der Waals surface area contributed by atoms with Crippen molar-refractivity contribution in [1.82, 2.24) is 16.0 Å². The van der Waals surface area contributed by atoms with Gasteiger partial charge < -0.3 is 16.0 Å². The maximum absolute atomic E-state index is 11.6. The lowest BCUT2D eigenvalue weighted by atomic mass is 9.80. The molecular weight excluding hydrogens is 288 g/mol. The molecule has 1 aliphatic rings. The predicted molar refractivity (Wildman–Crippen MR) is 97.6 cm³/mol. The third-order valence-electron chi connectivity index (χ3n) is 4.58. The number of aliphatic imine (C=N–C) groups is 1. The second-order valence-electron chi connectivity index (χ2n) is 6.86. The Kier molecular flexibility index (Phi) is 9.72. The van der Waals surface area contributed by atoms with Crippen molar-refractivity contribution in [3.63, 3.8) is 0 Å². The first-order chi connectivity index (χ1) is 11.1. The zero-order valence-electron chi connectivity index (χ0n) is 15.5. The number of nitrogens with zero attached hydrogens (tertiary/aromatic N) is 1. The summed E-state index contributed by atoms with van der Waals surface area (Å²) >= 11 is 0. The molecule has 0 aliphatic heterocycles. The van der Waals surface area contributed by atoms with Crippen molar-refractivity contribution in [2.24, 2.45) is 16.8 Å². The van der Waals surface area contributed by atoms with Crippen LogP contribution in [-0.4, -0.2) is 37.5 Å². The SMILES string of the molecule is CCCNC(=O)CCN=C(NCC)NC1CCC(C(C)C)CC1. The van der Waals surface area contributed by atoms with Gasteiger partial charge in [-0.3, -0.25) is 9.79 Å². The van der Waals surface area contributed by atoms with E-state index in [1.165, 1.54) is 25.7 Å². The smallest absolute Gasteiger partial charge is 0.221 e. The summed E-state index contributed by atoms with van der Waals surface area (Å²) in [4.78, 5) is 16.2. The summed E-state index contributed by atoms with van der Waals surface area (Å²) < 4.78 is 0. The average molecular weight is 325 g/mol. The van der Waals surface area contributed by atoms with Gasteiger partial charge in [-0.05, 0) is 50.9 Å². The largest absolute Gasteiger partial charge is 0.357 e. The van der Waals surface area contributed by atoms with E-state index in [9.17, 15) is 4.79 Å². The minimum Gasteiger partial charge on any atom is -0.357 e. The fourth-order valence-corrected chi connectivity index (χ4v) is 3.07. The molecule has 1 aliphatic carbocycles. The van der Waals surface area contributed by atoms with Crippen LogP contribution in [0.15, 0.2) is 4.99 Å². The van der Waals surface area contributed by atoms with Crippen LogP contribution in [-0.2, 0) is 4.79 Å². The first-order valence-corrected chi connectivity index (χ1v) is 9.38. The van der Waals surface area contributed by atoms with Crippen molar-refractivity contribution in [2.45, 2.75) is 72.3 Å². The van der Waals surface area contributed by atoms with E-state index in [4.69, 9.17) is 0 Å². The van der Waals surface area contributed by atoms with E-state index in [-0.39, 0.29) is 5.91 Å². The highest BCUT2D eigenvalue weighted by molar-refractivity contribution is 5.81. The summed E-state index contributed by atoms with van der Waals surface area (Å²) in [5, 5.41) is 9.71. The van der Waals surface area contributed by atoms with E-state index in [0.717, 1.165) is 37.3 Å². The van der Waals surface area contributed by atoms with Gasteiger partial charge in [0.1, 0.15) is 0 Å². The number of guanidine groups is 1. The molecule has 0 aromatic heterocycles. The Morgan fingerprint density at radius 2 is 1.83 bits per heavy atom. The minimum absolute atomic E-state index is 0.0869. The Bertz CT molecular complexity index is 360. The summed E-state index contributed by atoms with van der Waals surface area (Å²) in [5.74, 6) is 2.60. The second-order valence-corrected chi connectivity index (χ2v) is 6.86. The molecule has 0 spiro atoms. The molecule has 5 nitrogen and oxygen atoms in total. The molecule has 0 aromatic carbocycles. The fraction of sp³-hybridized carbons (Fsp3) is 0.889. The first-order valence-electron chi connectivity index (χ1n) is 9.38. The lowest BCUT2D eigenvalue weighted by Gasteiger charge is -2.32. The minimum atomic E-state index is 0.0869. The monoisotopic (exact) mass is 324 g/mol. The molecule has 0 saturated heterocycles. The van der Waals surface area contributed by atoms with Gasteiger partial charge in [0.2, 0.25) is 5.91 Å². The lowest BCUT2D eigenvalue weighted by molar-refractivity contribution is -0.120. The highest BCUT2D eigenvalue weighted by atomic mass is 16.1. The van der Waals surface area contributed by atoms with Crippen LogP contribution >= 0.6 is 0 Å². The van der Waals surface area contributed by atoms with Gasteiger partial charge in [0.05, 0.1) is 6.54 Å². The van der Waals surface area contributed by atoms with Crippen molar-refractivity contribution in [1.29, 1.82) is 0 Å². The van der Waals surface area contributed by atoms with Crippen LogP contribution in [0.3, 0.4) is 0 Å². The standard InChI is InChI=1S/C18H36N4O/c1-5-12-20-17(23)11-13-21-18(19-6-2)22-16-9-7-15(8-10-16)14(3)4/h14-16H,5-13H2,1-4H3,(H,20,23)(H2,19,21,22). The summed E-state index contributed by atoms with van der Waals surface area (Å²) in [6.45, 7) is 10.9. The molecule has 5 heteroatoms. The van der Waals surface area contributed by atoms with E-state index < -0.39 is 0 Å². The molecule has 1 amide bonds. The molecule has 0 unspecified atom stereocenters. The molecular formula is C18H36N4O. The second kappa shape index (κ2) is 11.3. The Morgan fingerprint density at radius 1 is 1.13 bits per heavy atom. The molecule has 3 N–H and O–H groups in total. The van der Waals surface area contributed by atoms with Gasteiger partial charge in [-0.25, -0.2) is 0 Å². The van der Waals surface area contributed by atoms with Crippen molar-refractivity contribution in [3.05, 3.63) is 0 Å². The van der Waals surface area contributed by atoms with Crippen molar-refractivity contribution >= 4 is 11.9 Å². The number of nitrogens with one attached hydrogen (secondary N) is 3. The highest BCUT2D eigenvalue weighted by Gasteiger charge is 2.23. The lowest BCUT2D eigenvalue weighted by Crippen LogP contribution is -2.45. The first kappa shape index (κ1) is 19.8. The number of carbonyl (C=O) groups excluding carboxylic acids is 1. The van der Waals surface area contributed by atoms with Crippen LogP contribution in [0.4, 0.5) is 0 Å². The van der Waals surface area contributed by atoms with E-state index >= 15 is 0 Å². The van der Waals surface area contributed by atoms with E-state index in [1.54, 1.807) is 0 Å². The third-order valence-corrected chi connectivity index (χ3v) is 4.58. The number of carbonyl (C=O) groups is 1. The van der Waals surface area contributed by atoms with Gasteiger partial charge >= 0.3 is 0 Å². The Labute approximate surface area is 142 Å². The molecule has 0 atom stereocenters. The molecule has 1 fully saturated rings. The normalized spacial score (nSPS) is 22.0. The molecule has 0 radical (unpaired) electrons. The summed E-state index contributed by atoms with van der Waals surface area (Å²) in [6.07, 6.45) is 6.45. The van der Waals surface area contributed by atoms with Crippen LogP contribution < -0.4 is 16.0 Å². The Morgan fingerprint density at radius 3 is 2.39 bits per heavy atom. The van der Waals surface area contributed by atoms with Crippen LogP contribution in [0, 0.1) is 11.8 Å². The van der Waals surface area contributed by atoms with Gasteiger partial charge in [0.25, 0.3) is 0 Å². The summed E-state index contributed by atoms with van der Waals surface area (Å²) in [5.41, 5.74) is 0. The molecule has 23 heavy (non-hydrogen) atoms. The van der Waals surface area contributed by atoms with Gasteiger partial charge in [-0.15, -0.1) is 0 Å². The van der Waals surface area contributed by atoms with Gasteiger partial charge in [0, 0.05) is 25.6 Å². The fourth-order valence-electron chi connectivity index (χ4n) is 3.07. The molecule has 0 bridgehead atoms. The quantitative estimate of drug-likeness (QED) is 0.475. The zero-order valence-corrected chi connectivity index (χ0v) is 15.5. The maximum atomic E-state index is 11.6. The predicted octanol–water partition coefficient (Wildman–Crippen LogP) is 2.67. The van der Waals surface area contributed by atoms with E-state index in [2.05, 4.69) is 48.6 Å². The average Bonchev–Trinajstić information content (AvgIpc) is 2.53. The van der Waals surface area contributed by atoms with Gasteiger partial charge in [-0.2, -0.15) is 0 Å². The number of hydrogen-bond donors (Lipinski definition) is 3. The number of rotatable bonds is 8. The van der Waals surface area contributed by atoms with Gasteiger partial charge in [-0.1, -0.05) is 20.8 Å². The maximum Gasteiger partial charge on any atom is 0.221 e.